The van der Waals surface area contributed by atoms with Gasteiger partial charge in [-0.15, -0.1) is 11.8 Å². The predicted molar refractivity (Wildman–Crippen MR) is 75.8 cm³/mol. The molecule has 0 unspecified atom stereocenters. The summed E-state index contributed by atoms with van der Waals surface area (Å²) in [7, 11) is 0. The zero-order valence-electron chi connectivity index (χ0n) is 10.9. The minimum absolute atomic E-state index is 0.278. The van der Waals surface area contributed by atoms with E-state index in [1.54, 1.807) is 17.8 Å². The van der Waals surface area contributed by atoms with Gasteiger partial charge >= 0.3 is 5.91 Å². The molecule has 0 radical (unpaired) electrons. The Morgan fingerprint density at radius 1 is 1.37 bits per heavy atom. The number of nitrogens with one attached hydrogen (secondary N) is 1. The molecule has 100 valence electrons. The quantitative estimate of drug-likeness (QED) is 0.390. The van der Waals surface area contributed by atoms with E-state index in [4.69, 9.17) is 10.3 Å². The summed E-state index contributed by atoms with van der Waals surface area (Å²) in [4.78, 5) is 12.7. The molecule has 1 heterocycles. The van der Waals surface area contributed by atoms with E-state index < -0.39 is 5.91 Å². The number of hydrogen-bond acceptors (Lipinski definition) is 4. The van der Waals surface area contributed by atoms with Gasteiger partial charge in [-0.05, 0) is 31.5 Å². The van der Waals surface area contributed by atoms with Crippen LogP contribution in [0, 0.1) is 13.8 Å². The lowest BCUT2D eigenvalue weighted by atomic mass is 10.2. The molecule has 0 saturated carbocycles. The fourth-order valence-corrected chi connectivity index (χ4v) is 2.84. The van der Waals surface area contributed by atoms with E-state index in [-0.39, 0.29) is 5.76 Å². The van der Waals surface area contributed by atoms with Crippen LogP contribution in [0.3, 0.4) is 0 Å². The molecule has 2 rings (SSSR count). The largest absolute Gasteiger partial charge is 0.459 e. The summed E-state index contributed by atoms with van der Waals surface area (Å²) in [6.45, 7) is 4.14. The molecule has 0 spiro atoms. The van der Waals surface area contributed by atoms with Crippen LogP contribution in [0.15, 0.2) is 39.8 Å². The molecule has 5 heteroatoms. The third-order valence-electron chi connectivity index (χ3n) is 2.81. The van der Waals surface area contributed by atoms with Crippen LogP contribution in [-0.2, 0) is 5.75 Å². The van der Waals surface area contributed by atoms with Gasteiger partial charge in [-0.2, -0.15) is 0 Å². The molecule has 4 nitrogen and oxygen atoms in total. The maximum absolute atomic E-state index is 11.5. The van der Waals surface area contributed by atoms with Crippen LogP contribution in [0.5, 0.6) is 0 Å². The zero-order chi connectivity index (χ0) is 13.8. The molecule has 19 heavy (non-hydrogen) atoms. The predicted octanol–water partition coefficient (Wildman–Crippen LogP) is 2.79. The smallest absolute Gasteiger partial charge is 0.301 e. The lowest BCUT2D eigenvalue weighted by Gasteiger charge is -2.06. The maximum Gasteiger partial charge on any atom is 0.301 e. The highest BCUT2D eigenvalue weighted by molar-refractivity contribution is 7.98. The monoisotopic (exact) mass is 276 g/mol. The van der Waals surface area contributed by atoms with Crippen LogP contribution in [-0.4, -0.2) is 5.91 Å². The summed E-state index contributed by atoms with van der Waals surface area (Å²) < 4.78 is 5.15. The third kappa shape index (κ3) is 3.19. The number of nitrogen functional groups attached to an aromatic ring is 1. The van der Waals surface area contributed by atoms with Gasteiger partial charge in [-0.3, -0.25) is 10.2 Å². The molecule has 3 N–H and O–H groups in total. The van der Waals surface area contributed by atoms with E-state index in [2.05, 4.69) is 37.5 Å². The molecule has 1 aromatic carbocycles. The lowest BCUT2D eigenvalue weighted by molar-refractivity contribution is 0.0925. The van der Waals surface area contributed by atoms with E-state index in [1.807, 2.05) is 0 Å². The van der Waals surface area contributed by atoms with E-state index in [1.165, 1.54) is 22.3 Å². The Morgan fingerprint density at radius 3 is 2.89 bits per heavy atom. The molecule has 1 aromatic heterocycles. The number of aryl methyl sites for hydroxylation is 2. The first-order valence-electron chi connectivity index (χ1n) is 5.89. The number of furan rings is 1. The first-order chi connectivity index (χ1) is 9.11. The number of carbonyl (C=O) groups excluding carboxylic acids is 1. The fourth-order valence-electron chi connectivity index (χ4n) is 1.73. The second-order valence-corrected chi connectivity index (χ2v) is 5.32. The van der Waals surface area contributed by atoms with E-state index in [0.29, 0.717) is 5.75 Å². The summed E-state index contributed by atoms with van der Waals surface area (Å²) in [5.41, 5.74) is 5.37. The van der Waals surface area contributed by atoms with Crippen molar-refractivity contribution in [3.8, 4) is 0 Å². The van der Waals surface area contributed by atoms with Crippen molar-refractivity contribution in [1.82, 2.24) is 5.43 Å². The number of rotatable bonds is 4. The molecule has 0 aliphatic carbocycles. The summed E-state index contributed by atoms with van der Waals surface area (Å²) in [5, 5.41) is 0. The number of benzene rings is 1. The Kier molecular flexibility index (Phi) is 4.29. The molecule has 0 bridgehead atoms. The number of amides is 1. The Morgan fingerprint density at radius 2 is 2.16 bits per heavy atom. The van der Waals surface area contributed by atoms with Crippen molar-refractivity contribution in [3.05, 3.63) is 53.0 Å². The number of hydrazine groups is 1. The van der Waals surface area contributed by atoms with Gasteiger partial charge < -0.3 is 4.42 Å². The molecule has 0 fully saturated rings. The van der Waals surface area contributed by atoms with E-state index in [0.717, 1.165) is 5.56 Å². The lowest BCUT2D eigenvalue weighted by Crippen LogP contribution is -2.30. The average molecular weight is 276 g/mol. The van der Waals surface area contributed by atoms with Gasteiger partial charge in [0.25, 0.3) is 0 Å². The summed E-state index contributed by atoms with van der Waals surface area (Å²) in [6, 6.07) is 8.12. The Labute approximate surface area is 116 Å². The maximum atomic E-state index is 11.5. The van der Waals surface area contributed by atoms with Crippen molar-refractivity contribution in [2.24, 2.45) is 5.84 Å². The minimum atomic E-state index is -0.401. The van der Waals surface area contributed by atoms with Crippen LogP contribution >= 0.6 is 11.8 Å². The molecule has 2 aromatic rings. The Balaban J connectivity index is 2.13. The van der Waals surface area contributed by atoms with Gasteiger partial charge in [0.1, 0.15) is 0 Å². The van der Waals surface area contributed by atoms with Crippen LogP contribution < -0.4 is 11.3 Å². The summed E-state index contributed by atoms with van der Waals surface area (Å²) in [6.07, 6.45) is 1.50. The molecular weight excluding hydrogens is 260 g/mol. The molecule has 1 amide bonds. The van der Waals surface area contributed by atoms with Crippen LogP contribution in [0.4, 0.5) is 0 Å². The zero-order valence-corrected chi connectivity index (χ0v) is 11.7. The fraction of sp³-hybridized carbons (Fsp3) is 0.214. The van der Waals surface area contributed by atoms with Crippen molar-refractivity contribution in [2.75, 3.05) is 0 Å². The highest BCUT2D eigenvalue weighted by Crippen LogP contribution is 2.28. The summed E-state index contributed by atoms with van der Waals surface area (Å²) in [5.74, 6) is 5.66. The number of hydrogen-bond donors (Lipinski definition) is 2. The topological polar surface area (TPSA) is 68.3 Å². The Bertz CT molecular complexity index is 593. The van der Waals surface area contributed by atoms with Gasteiger partial charge in [0.05, 0.1) is 6.26 Å². The van der Waals surface area contributed by atoms with E-state index in [9.17, 15) is 4.79 Å². The first-order valence-corrected chi connectivity index (χ1v) is 6.87. The SMILES string of the molecule is Cc1ccc(C)c(SCc2ccoc2C(=O)NN)c1. The third-order valence-corrected chi connectivity index (χ3v) is 4.02. The minimum Gasteiger partial charge on any atom is -0.459 e. The first kappa shape index (κ1) is 13.7. The van der Waals surface area contributed by atoms with Crippen LogP contribution in [0.25, 0.3) is 0 Å². The second kappa shape index (κ2) is 5.95. The highest BCUT2D eigenvalue weighted by Gasteiger charge is 2.14. The van der Waals surface area contributed by atoms with Gasteiger partial charge in [0, 0.05) is 16.2 Å². The molecule has 0 saturated heterocycles. The Hall–Kier alpha value is -1.72. The number of nitrogens with two attached hydrogens (primary N) is 1. The summed E-state index contributed by atoms with van der Waals surface area (Å²) >= 11 is 1.68. The van der Waals surface area contributed by atoms with Crippen LogP contribution in [0.1, 0.15) is 27.2 Å². The van der Waals surface area contributed by atoms with Crippen molar-refractivity contribution in [1.29, 1.82) is 0 Å². The van der Waals surface area contributed by atoms with Gasteiger partial charge in [-0.25, -0.2) is 5.84 Å². The van der Waals surface area contributed by atoms with Gasteiger partial charge in [0.15, 0.2) is 5.76 Å². The van der Waals surface area contributed by atoms with Crippen molar-refractivity contribution in [2.45, 2.75) is 24.5 Å². The molecule has 0 aliphatic rings. The van der Waals surface area contributed by atoms with Crippen LogP contribution in [0.2, 0.25) is 0 Å². The molecular formula is C14H16N2O2S. The molecule has 0 atom stereocenters. The normalized spacial score (nSPS) is 10.5. The number of thioether (sulfide) groups is 1. The van der Waals surface area contributed by atoms with Crippen molar-refractivity contribution < 1.29 is 9.21 Å². The van der Waals surface area contributed by atoms with Gasteiger partial charge in [-0.1, -0.05) is 17.7 Å². The number of carbonyl (C=O) groups is 1. The van der Waals surface area contributed by atoms with Crippen molar-refractivity contribution in [3.63, 3.8) is 0 Å². The second-order valence-electron chi connectivity index (χ2n) is 4.31. The highest BCUT2D eigenvalue weighted by atomic mass is 32.2. The molecule has 0 aliphatic heterocycles. The average Bonchev–Trinajstić information content (AvgIpc) is 2.87. The van der Waals surface area contributed by atoms with Gasteiger partial charge in [0.2, 0.25) is 0 Å². The van der Waals surface area contributed by atoms with E-state index >= 15 is 0 Å². The standard InChI is InChI=1S/C14H16N2O2S/c1-9-3-4-10(2)12(7-9)19-8-11-5-6-18-13(11)14(17)16-15/h3-7H,8,15H2,1-2H3,(H,16,17). The van der Waals surface area contributed by atoms with Crippen molar-refractivity contribution >= 4 is 17.7 Å².